The first-order chi connectivity index (χ1) is 24.4. The molecule has 0 aromatic rings. The van der Waals surface area contributed by atoms with Crippen LogP contribution in [0.5, 0.6) is 0 Å². The minimum Gasteiger partial charge on any atom is -0.481 e. The lowest BCUT2D eigenvalue weighted by atomic mass is 9.41. The third-order valence-electron chi connectivity index (χ3n) is 12.3. The molecule has 0 spiro atoms. The number of aliphatic carboxylic acids is 4. The molecule has 52 heavy (non-hydrogen) atoms. The molecule has 9 nitrogen and oxygen atoms in total. The van der Waals surface area contributed by atoms with Crippen molar-refractivity contribution in [2.45, 2.75) is 226 Å². The Hall–Kier alpha value is -2.16. The summed E-state index contributed by atoms with van der Waals surface area (Å²) in [6, 6.07) is 0. The predicted octanol–water partition coefficient (Wildman–Crippen LogP) is 11.3. The molecule has 1 aliphatic heterocycles. The molecule has 304 valence electrons. The van der Waals surface area contributed by atoms with Crippen LogP contribution in [0.3, 0.4) is 0 Å². The molecule has 1 rings (SSSR count). The number of piperidine rings is 1. The van der Waals surface area contributed by atoms with Gasteiger partial charge in [0.15, 0.2) is 0 Å². The summed E-state index contributed by atoms with van der Waals surface area (Å²) in [6.45, 7) is 13.7. The van der Waals surface area contributed by atoms with Crippen molar-refractivity contribution in [2.75, 3.05) is 0 Å². The maximum absolute atomic E-state index is 14.1. The van der Waals surface area contributed by atoms with Crippen LogP contribution >= 0.6 is 0 Å². The fraction of sp³-hybridized carbons (Fsp3) is 0.907. The van der Waals surface area contributed by atoms with Crippen LogP contribution < -0.4 is 5.32 Å². The normalized spacial score (nSPS) is 17.4. The van der Waals surface area contributed by atoms with E-state index in [1.165, 1.54) is 77.0 Å². The van der Waals surface area contributed by atoms with Gasteiger partial charge < -0.3 is 25.7 Å². The van der Waals surface area contributed by atoms with Crippen LogP contribution in [0.4, 0.5) is 0 Å². The fourth-order valence-electron chi connectivity index (χ4n) is 10.1. The number of carboxylic acids is 4. The number of rotatable bonds is 31. The Morgan fingerprint density at radius 3 is 1.02 bits per heavy atom. The lowest BCUT2D eigenvalue weighted by molar-refractivity contribution is -0.222. The van der Waals surface area contributed by atoms with Crippen molar-refractivity contribution in [2.24, 2.45) is 22.2 Å². The highest BCUT2D eigenvalue weighted by Gasteiger charge is 2.80. The Kier molecular flexibility index (Phi) is 21.1. The van der Waals surface area contributed by atoms with E-state index < -0.39 is 57.1 Å². The molecule has 0 saturated carbocycles. The van der Waals surface area contributed by atoms with Gasteiger partial charge in [0.2, 0.25) is 0 Å². The SMILES string of the molecule is CCCCCCCCCCCCCC(C)(CCCCCCCCCCCCC)C(C(=O)O)(C1CC(C)(C)NC(C)(C)C1)C(C(=O)O)(C(=O)O)C(=O)O. The Balaban J connectivity index is 3.50. The average molecular weight is 738 g/mol. The molecule has 9 heteroatoms. The van der Waals surface area contributed by atoms with Gasteiger partial charge in [0.1, 0.15) is 5.41 Å². The van der Waals surface area contributed by atoms with Gasteiger partial charge in [-0.3, -0.25) is 19.2 Å². The first-order valence-electron chi connectivity index (χ1n) is 21.1. The standard InChI is InChI=1S/C43H79NO8/c1-8-10-12-14-16-18-20-22-24-26-28-30-41(7,31-29-27-25-23-21-19-17-15-13-11-9-2)43(38(51)52,42(35(45)46,36(47)48)37(49)50)34-32-39(3,4)44-40(5,6)33-34/h34,44H,8-33H2,1-7H3,(H,45,46)(H,47,48)(H,49,50)(H,51,52). The van der Waals surface area contributed by atoms with Gasteiger partial charge in [-0.1, -0.05) is 162 Å². The number of carbonyl (C=O) groups is 4. The topological polar surface area (TPSA) is 161 Å². The van der Waals surface area contributed by atoms with Crippen LogP contribution in [-0.4, -0.2) is 55.4 Å². The number of nitrogens with one attached hydrogen (secondary N) is 1. The van der Waals surface area contributed by atoms with E-state index in [0.717, 1.165) is 51.4 Å². The van der Waals surface area contributed by atoms with Crippen LogP contribution in [0.1, 0.15) is 215 Å². The van der Waals surface area contributed by atoms with Crippen LogP contribution in [0, 0.1) is 22.2 Å². The number of hydrogen-bond acceptors (Lipinski definition) is 5. The summed E-state index contributed by atoms with van der Waals surface area (Å²) < 4.78 is 0. The van der Waals surface area contributed by atoms with Crippen molar-refractivity contribution >= 4 is 23.9 Å². The van der Waals surface area contributed by atoms with Crippen LogP contribution in [0.25, 0.3) is 0 Å². The summed E-state index contributed by atoms with van der Waals surface area (Å²) in [5.74, 6) is -9.02. The molecule has 0 aromatic carbocycles. The number of hydrogen-bond donors (Lipinski definition) is 5. The second kappa shape index (κ2) is 22.9. The molecule has 1 heterocycles. The number of carboxylic acid groups (broad SMARTS) is 4. The Morgan fingerprint density at radius 1 is 0.500 bits per heavy atom. The van der Waals surface area contributed by atoms with Gasteiger partial charge in [-0.2, -0.15) is 0 Å². The van der Waals surface area contributed by atoms with Crippen LogP contribution in [0.15, 0.2) is 0 Å². The first kappa shape index (κ1) is 47.9. The maximum atomic E-state index is 14.1. The first-order valence-corrected chi connectivity index (χ1v) is 21.1. The summed E-state index contributed by atoms with van der Waals surface area (Å²) in [5, 5.41) is 47.3. The van der Waals surface area contributed by atoms with E-state index in [-0.39, 0.29) is 25.7 Å². The molecule has 0 aliphatic carbocycles. The fourth-order valence-corrected chi connectivity index (χ4v) is 10.1. The van der Waals surface area contributed by atoms with Crippen molar-refractivity contribution in [1.82, 2.24) is 5.32 Å². The van der Waals surface area contributed by atoms with Crippen molar-refractivity contribution < 1.29 is 39.6 Å². The molecule has 1 fully saturated rings. The van der Waals surface area contributed by atoms with Crippen molar-refractivity contribution in [3.63, 3.8) is 0 Å². The lowest BCUT2D eigenvalue weighted by Gasteiger charge is -2.60. The van der Waals surface area contributed by atoms with Gasteiger partial charge in [0, 0.05) is 11.1 Å². The van der Waals surface area contributed by atoms with E-state index in [1.807, 2.05) is 27.7 Å². The molecule has 0 aromatic heterocycles. The van der Waals surface area contributed by atoms with Gasteiger partial charge in [0.25, 0.3) is 5.41 Å². The van der Waals surface area contributed by atoms with Crippen LogP contribution in [-0.2, 0) is 19.2 Å². The van der Waals surface area contributed by atoms with Gasteiger partial charge in [-0.15, -0.1) is 0 Å². The van der Waals surface area contributed by atoms with Gasteiger partial charge >= 0.3 is 23.9 Å². The second-order valence-corrected chi connectivity index (χ2v) is 17.9. The molecule has 0 radical (unpaired) electrons. The van der Waals surface area contributed by atoms with Crippen molar-refractivity contribution in [1.29, 1.82) is 0 Å². The zero-order valence-electron chi connectivity index (χ0n) is 34.4. The summed E-state index contributed by atoms with van der Waals surface area (Å²) in [7, 11) is 0. The smallest absolute Gasteiger partial charge is 0.334 e. The van der Waals surface area contributed by atoms with E-state index in [1.54, 1.807) is 6.92 Å². The second-order valence-electron chi connectivity index (χ2n) is 17.9. The summed E-state index contributed by atoms with van der Waals surface area (Å²) in [4.78, 5) is 54.2. The highest BCUT2D eigenvalue weighted by Crippen LogP contribution is 2.65. The van der Waals surface area contributed by atoms with E-state index in [4.69, 9.17) is 0 Å². The molecule has 1 aliphatic rings. The zero-order valence-corrected chi connectivity index (χ0v) is 34.4. The summed E-state index contributed by atoms with van der Waals surface area (Å²) in [6.07, 6.45) is 24.6. The molecule has 1 unspecified atom stereocenters. The minimum absolute atomic E-state index is 0.129. The molecular weight excluding hydrogens is 658 g/mol. The van der Waals surface area contributed by atoms with Gasteiger partial charge in [0.05, 0.1) is 0 Å². The maximum Gasteiger partial charge on any atom is 0.334 e. The third kappa shape index (κ3) is 13.0. The molecule has 1 saturated heterocycles. The van der Waals surface area contributed by atoms with Gasteiger partial charge in [-0.05, 0) is 64.7 Å². The minimum atomic E-state index is -3.59. The summed E-state index contributed by atoms with van der Waals surface area (Å²) >= 11 is 0. The monoisotopic (exact) mass is 738 g/mol. The summed E-state index contributed by atoms with van der Waals surface area (Å²) in [5.41, 5.74) is -9.03. The lowest BCUT2D eigenvalue weighted by Crippen LogP contribution is -2.73. The Bertz CT molecular complexity index is 1010. The third-order valence-corrected chi connectivity index (χ3v) is 12.3. The largest absolute Gasteiger partial charge is 0.481 e. The van der Waals surface area contributed by atoms with E-state index >= 15 is 0 Å². The van der Waals surface area contributed by atoms with E-state index in [0.29, 0.717) is 12.8 Å². The predicted molar refractivity (Wildman–Crippen MR) is 210 cm³/mol. The molecular formula is C43H79NO8. The quantitative estimate of drug-likeness (QED) is 0.0344. The van der Waals surface area contributed by atoms with Crippen molar-refractivity contribution in [3.05, 3.63) is 0 Å². The number of unbranched alkanes of at least 4 members (excludes halogenated alkanes) is 20. The van der Waals surface area contributed by atoms with E-state index in [9.17, 15) is 39.6 Å². The molecule has 0 bridgehead atoms. The van der Waals surface area contributed by atoms with E-state index in [2.05, 4.69) is 19.2 Å². The Morgan fingerprint density at radius 2 is 0.769 bits per heavy atom. The van der Waals surface area contributed by atoms with Crippen LogP contribution in [0.2, 0.25) is 0 Å². The van der Waals surface area contributed by atoms with Crippen molar-refractivity contribution in [3.8, 4) is 0 Å². The molecule has 5 N–H and O–H groups in total. The molecule has 1 atom stereocenters. The van der Waals surface area contributed by atoms with Gasteiger partial charge in [-0.25, -0.2) is 0 Å². The highest BCUT2D eigenvalue weighted by atomic mass is 16.4. The molecule has 0 amide bonds. The Labute approximate surface area is 316 Å². The highest BCUT2D eigenvalue weighted by molar-refractivity contribution is 6.20. The zero-order chi connectivity index (χ0) is 39.5. The average Bonchev–Trinajstić information content (AvgIpc) is 3.02.